The van der Waals surface area contributed by atoms with Crippen molar-refractivity contribution >= 4 is 101 Å². The molecule has 0 bridgehead atoms. The zero-order valence-electron chi connectivity index (χ0n) is 25.2. The number of rotatable bonds is 8. The minimum absolute atomic E-state index is 0.00187. The van der Waals surface area contributed by atoms with E-state index in [4.69, 9.17) is 5.73 Å². The fourth-order valence-corrected chi connectivity index (χ4v) is 7.88. The molecule has 51 heavy (non-hydrogen) atoms. The van der Waals surface area contributed by atoms with Crippen LogP contribution in [0.1, 0.15) is 0 Å². The second-order valence-electron chi connectivity index (χ2n) is 10.8. The molecule has 0 amide bonds. The van der Waals surface area contributed by atoms with Gasteiger partial charge in [-0.2, -0.15) is 33.7 Å². The lowest BCUT2D eigenvalue weighted by Gasteiger charge is -2.10. The highest BCUT2D eigenvalue weighted by Gasteiger charge is 2.23. The maximum absolute atomic E-state index is 12.5. The van der Waals surface area contributed by atoms with E-state index in [2.05, 4.69) is 20.5 Å². The van der Waals surface area contributed by atoms with Gasteiger partial charge in [-0.05, 0) is 66.0 Å². The fourth-order valence-electron chi connectivity index (χ4n) is 5.30. The van der Waals surface area contributed by atoms with Crippen LogP contribution < -0.4 is 5.73 Å². The Kier molecular flexibility index (Phi) is 8.72. The molecule has 6 aromatic rings. The quantitative estimate of drug-likeness (QED) is 0.0624. The van der Waals surface area contributed by atoms with Crippen molar-refractivity contribution in [1.82, 2.24) is 0 Å². The van der Waals surface area contributed by atoms with E-state index in [-0.39, 0.29) is 55.1 Å². The number of hydrogen-bond donors (Lipinski definition) is 5. The minimum atomic E-state index is -5.09. The molecule has 6 N–H and O–H groups in total. The van der Waals surface area contributed by atoms with Crippen molar-refractivity contribution in [2.75, 3.05) is 5.73 Å². The van der Waals surface area contributed by atoms with E-state index < -0.39 is 65.7 Å². The van der Waals surface area contributed by atoms with Gasteiger partial charge in [-0.1, -0.05) is 30.3 Å². The molecule has 0 saturated heterocycles. The summed E-state index contributed by atoms with van der Waals surface area (Å²) in [5.74, 6) is 0. The first-order valence-corrected chi connectivity index (χ1v) is 19.7. The Balaban J connectivity index is 1.52. The van der Waals surface area contributed by atoms with Gasteiger partial charge in [0.15, 0.2) is 0 Å². The fraction of sp³-hybridized carbons (Fsp3) is 0. The summed E-state index contributed by atoms with van der Waals surface area (Å²) in [7, 11) is -19.3. The lowest BCUT2D eigenvalue weighted by atomic mass is 10.1. The molecule has 0 unspecified atom stereocenters. The molecule has 6 rings (SSSR count). The third-order valence-electron chi connectivity index (χ3n) is 7.54. The van der Waals surface area contributed by atoms with Crippen LogP contribution in [-0.4, -0.2) is 51.9 Å². The molecule has 0 aliphatic carbocycles. The van der Waals surface area contributed by atoms with Gasteiger partial charge >= 0.3 is 0 Å². The minimum Gasteiger partial charge on any atom is -0.398 e. The number of hydrogen-bond acceptors (Lipinski definition) is 13. The van der Waals surface area contributed by atoms with Gasteiger partial charge in [0, 0.05) is 32.6 Å². The van der Waals surface area contributed by atoms with Crippen LogP contribution >= 0.6 is 0 Å². The van der Waals surface area contributed by atoms with E-state index in [0.717, 1.165) is 30.3 Å². The third-order valence-corrected chi connectivity index (χ3v) is 11.1. The van der Waals surface area contributed by atoms with Crippen molar-refractivity contribution in [3.63, 3.8) is 0 Å². The molecule has 0 aliphatic heterocycles. The van der Waals surface area contributed by atoms with Gasteiger partial charge in [0.2, 0.25) is 0 Å². The highest BCUT2D eigenvalue weighted by Crippen LogP contribution is 2.40. The standard InChI is InChI=1S/C30H21N5O12S4/c31-23-9-11-25(20-2-1-3-28(29(20)23)50(42,43)44)33-32-24-12-13-26(22-15-18(49(39,40)41)7-8-19(22)24)34-35-27-10-5-16-4-6-17(48(36,37)38)14-21(16)30(27)51(45,46)47/h1-15H,31H2,(H,36,37,38)(H,39,40,41)(H,42,43,44)(H,45,46,47). The Morgan fingerprint density at radius 1 is 0.451 bits per heavy atom. The molecule has 0 saturated carbocycles. The summed E-state index contributed by atoms with van der Waals surface area (Å²) < 4.78 is 135. The molecule has 0 aromatic heterocycles. The van der Waals surface area contributed by atoms with Crippen molar-refractivity contribution < 1.29 is 51.9 Å². The van der Waals surface area contributed by atoms with Crippen LogP contribution in [0.5, 0.6) is 0 Å². The van der Waals surface area contributed by atoms with Gasteiger partial charge in [0.1, 0.15) is 15.5 Å². The Labute approximate surface area is 288 Å². The Hall–Kier alpha value is -5.26. The molecule has 0 radical (unpaired) electrons. The number of fused-ring (bicyclic) bond motifs is 3. The predicted octanol–water partition coefficient (Wildman–Crippen LogP) is 6.55. The van der Waals surface area contributed by atoms with Gasteiger partial charge in [-0.15, -0.1) is 20.5 Å². The molecule has 262 valence electrons. The number of nitrogens with zero attached hydrogens (tertiary/aromatic N) is 4. The first-order chi connectivity index (χ1) is 23.7. The normalized spacial score (nSPS) is 13.3. The van der Waals surface area contributed by atoms with E-state index in [0.29, 0.717) is 0 Å². The zero-order chi connectivity index (χ0) is 37.1. The molecule has 0 spiro atoms. The molecule has 6 aromatic carbocycles. The van der Waals surface area contributed by atoms with E-state index in [1.54, 1.807) is 0 Å². The monoisotopic (exact) mass is 771 g/mol. The van der Waals surface area contributed by atoms with E-state index in [1.807, 2.05) is 0 Å². The first kappa shape index (κ1) is 35.6. The van der Waals surface area contributed by atoms with E-state index in [9.17, 15) is 51.9 Å². The number of nitrogens with two attached hydrogens (primary N) is 1. The Morgan fingerprint density at radius 2 is 0.941 bits per heavy atom. The summed E-state index contributed by atoms with van der Waals surface area (Å²) in [5, 5.41) is 16.8. The van der Waals surface area contributed by atoms with Crippen LogP contribution in [0, 0.1) is 0 Å². The van der Waals surface area contributed by atoms with Gasteiger partial charge in [-0.3, -0.25) is 18.2 Å². The van der Waals surface area contributed by atoms with Crippen LogP contribution in [0.2, 0.25) is 0 Å². The second kappa shape index (κ2) is 12.5. The highest BCUT2D eigenvalue weighted by molar-refractivity contribution is 7.86. The van der Waals surface area contributed by atoms with Gasteiger partial charge in [0.25, 0.3) is 40.5 Å². The number of benzene rings is 6. The number of anilines is 1. The second-order valence-corrected chi connectivity index (χ2v) is 16.4. The van der Waals surface area contributed by atoms with E-state index in [1.165, 1.54) is 60.7 Å². The molecule has 0 aliphatic rings. The van der Waals surface area contributed by atoms with Crippen LogP contribution in [0.25, 0.3) is 32.3 Å². The predicted molar refractivity (Wildman–Crippen MR) is 184 cm³/mol. The molecule has 0 atom stereocenters. The van der Waals surface area contributed by atoms with Gasteiger partial charge < -0.3 is 5.73 Å². The lowest BCUT2D eigenvalue weighted by Crippen LogP contribution is -2.02. The summed E-state index contributed by atoms with van der Waals surface area (Å²) >= 11 is 0. The van der Waals surface area contributed by atoms with Crippen molar-refractivity contribution in [3.05, 3.63) is 91.0 Å². The SMILES string of the molecule is Nc1ccc(N=Nc2ccc(N=Nc3ccc4ccc(S(=O)(=O)O)cc4c3S(=O)(=O)O)c3cc(S(=O)(=O)O)ccc23)c2cccc(S(=O)(=O)O)c12. The summed E-state index contributed by atoms with van der Waals surface area (Å²) in [6.45, 7) is 0. The summed E-state index contributed by atoms with van der Waals surface area (Å²) in [6, 6.07) is 18.5. The van der Waals surface area contributed by atoms with Crippen molar-refractivity contribution in [2.45, 2.75) is 19.6 Å². The van der Waals surface area contributed by atoms with Gasteiger partial charge in [0.05, 0.1) is 26.9 Å². The average Bonchev–Trinajstić information content (AvgIpc) is 3.04. The van der Waals surface area contributed by atoms with Gasteiger partial charge in [-0.25, -0.2) is 0 Å². The molecule has 21 heteroatoms. The van der Waals surface area contributed by atoms with Crippen LogP contribution in [0.15, 0.2) is 131 Å². The summed E-state index contributed by atoms with van der Waals surface area (Å²) in [5.41, 5.74) is 5.76. The maximum atomic E-state index is 12.5. The third kappa shape index (κ3) is 7.04. The first-order valence-electron chi connectivity index (χ1n) is 13.9. The number of nitrogen functional groups attached to an aromatic ring is 1. The molecule has 0 fully saturated rings. The average molecular weight is 772 g/mol. The van der Waals surface area contributed by atoms with Crippen LogP contribution in [-0.2, 0) is 40.5 Å². The summed E-state index contributed by atoms with van der Waals surface area (Å²) in [4.78, 5) is -2.50. The molecular weight excluding hydrogens is 751 g/mol. The highest BCUT2D eigenvalue weighted by atomic mass is 32.2. The summed E-state index contributed by atoms with van der Waals surface area (Å²) in [6.07, 6.45) is 0. The molecule has 0 heterocycles. The zero-order valence-corrected chi connectivity index (χ0v) is 28.5. The van der Waals surface area contributed by atoms with Crippen molar-refractivity contribution in [1.29, 1.82) is 0 Å². The number of azo groups is 2. The van der Waals surface area contributed by atoms with Crippen LogP contribution in [0.3, 0.4) is 0 Å². The van der Waals surface area contributed by atoms with Crippen molar-refractivity contribution in [2.24, 2.45) is 20.5 Å². The largest absolute Gasteiger partial charge is 0.398 e. The molecular formula is C30H21N5O12S4. The Bertz CT molecular complexity index is 2990. The van der Waals surface area contributed by atoms with Crippen molar-refractivity contribution in [3.8, 4) is 0 Å². The lowest BCUT2D eigenvalue weighted by molar-refractivity contribution is 0.480. The topological polar surface area (TPSA) is 293 Å². The van der Waals surface area contributed by atoms with E-state index >= 15 is 0 Å². The molecule has 17 nitrogen and oxygen atoms in total. The Morgan fingerprint density at radius 3 is 1.53 bits per heavy atom. The maximum Gasteiger partial charge on any atom is 0.297 e. The smallest absolute Gasteiger partial charge is 0.297 e. The van der Waals surface area contributed by atoms with Crippen LogP contribution in [0.4, 0.5) is 28.4 Å².